The maximum absolute atomic E-state index is 14.2. The van der Waals surface area contributed by atoms with Crippen molar-refractivity contribution in [3.05, 3.63) is 59.4 Å². The molecule has 4 rings (SSSR count). The van der Waals surface area contributed by atoms with Crippen LogP contribution in [-0.4, -0.2) is 53.1 Å². The Hall–Kier alpha value is -2.44. The maximum Gasteiger partial charge on any atom is 0.422 e. The maximum atomic E-state index is 14.2. The van der Waals surface area contributed by atoms with E-state index in [0.29, 0.717) is 19.0 Å². The molecule has 0 bridgehead atoms. The lowest BCUT2D eigenvalue weighted by molar-refractivity contribution is -0.0888. The van der Waals surface area contributed by atoms with Crippen molar-refractivity contribution >= 4 is 5.84 Å². The Morgan fingerprint density at radius 1 is 1.10 bits per heavy atom. The van der Waals surface area contributed by atoms with Gasteiger partial charge in [0.2, 0.25) is 0 Å². The fourth-order valence-electron chi connectivity index (χ4n) is 4.71. The molecule has 3 heterocycles. The molecule has 7 heteroatoms. The molecule has 4 nitrogen and oxygen atoms in total. The van der Waals surface area contributed by atoms with Crippen molar-refractivity contribution in [1.29, 1.82) is 0 Å². The molecule has 0 amide bonds. The molecule has 162 valence electrons. The smallest absolute Gasteiger partial charge is 0.371 e. The molecule has 1 fully saturated rings. The number of allylic oxidation sites excluding steroid dienone is 1. The number of halogens is 3. The van der Waals surface area contributed by atoms with E-state index in [-0.39, 0.29) is 17.7 Å². The average Bonchev–Trinajstić information content (AvgIpc) is 3.06. The highest BCUT2D eigenvalue weighted by molar-refractivity contribution is 6.03. The molecule has 1 aromatic carbocycles. The van der Waals surface area contributed by atoms with Crippen LogP contribution in [0.15, 0.2) is 59.0 Å². The molecule has 3 aliphatic rings. The number of rotatable bonds is 5. The van der Waals surface area contributed by atoms with Gasteiger partial charge in [0.1, 0.15) is 11.7 Å². The van der Waals surface area contributed by atoms with E-state index in [2.05, 4.69) is 24.2 Å². The summed E-state index contributed by atoms with van der Waals surface area (Å²) in [6.07, 6.45) is 3.26. The summed E-state index contributed by atoms with van der Waals surface area (Å²) >= 11 is 0. The van der Waals surface area contributed by atoms with E-state index < -0.39 is 11.7 Å². The standard InChI is InChI=1S/C23H29F3N4/c1-3-4-10-20-28(2)27-22-21(23(24,25)26)19(13-16-30(20)22)29-14-11-18(12-15-29)17-8-6-5-7-9-17/h5-9,13,16,18,20H,3-4,10-12,14-15H2,1-2H3. The van der Waals surface area contributed by atoms with Crippen molar-refractivity contribution in [1.82, 2.24) is 14.8 Å². The third-order valence-electron chi connectivity index (χ3n) is 6.33. The molecule has 0 N–H and O–H groups in total. The highest BCUT2D eigenvalue weighted by atomic mass is 19.4. The molecule has 1 saturated heterocycles. The minimum atomic E-state index is -4.45. The van der Waals surface area contributed by atoms with Gasteiger partial charge in [0.25, 0.3) is 0 Å². The van der Waals surface area contributed by atoms with E-state index in [9.17, 15) is 13.2 Å². The van der Waals surface area contributed by atoms with Gasteiger partial charge < -0.3 is 9.80 Å². The Labute approximate surface area is 176 Å². The summed E-state index contributed by atoms with van der Waals surface area (Å²) in [6, 6.07) is 10.3. The normalized spacial score (nSPS) is 22.6. The van der Waals surface area contributed by atoms with E-state index in [1.807, 2.05) is 23.1 Å². The van der Waals surface area contributed by atoms with Crippen LogP contribution < -0.4 is 0 Å². The number of amidine groups is 1. The molecule has 30 heavy (non-hydrogen) atoms. The predicted molar refractivity (Wildman–Crippen MR) is 113 cm³/mol. The molecular formula is C23H29F3N4. The van der Waals surface area contributed by atoms with Crippen LogP contribution in [0, 0.1) is 0 Å². The monoisotopic (exact) mass is 418 g/mol. The minimum Gasteiger partial charge on any atom is -0.371 e. The zero-order valence-corrected chi connectivity index (χ0v) is 17.6. The van der Waals surface area contributed by atoms with Crippen LogP contribution in [-0.2, 0) is 0 Å². The molecule has 0 aliphatic carbocycles. The van der Waals surface area contributed by atoms with Crippen LogP contribution in [0.2, 0.25) is 0 Å². The van der Waals surface area contributed by atoms with E-state index >= 15 is 0 Å². The fourth-order valence-corrected chi connectivity index (χ4v) is 4.71. The first-order valence-electron chi connectivity index (χ1n) is 10.8. The van der Waals surface area contributed by atoms with Gasteiger partial charge in [0.05, 0.1) is 5.70 Å². The van der Waals surface area contributed by atoms with Crippen molar-refractivity contribution in [2.75, 3.05) is 20.1 Å². The number of hydrogen-bond acceptors (Lipinski definition) is 4. The molecule has 0 radical (unpaired) electrons. The number of alkyl halides is 3. The largest absolute Gasteiger partial charge is 0.422 e. The van der Waals surface area contributed by atoms with Crippen molar-refractivity contribution < 1.29 is 13.2 Å². The molecule has 1 unspecified atom stereocenters. The Kier molecular flexibility index (Phi) is 5.80. The van der Waals surface area contributed by atoms with E-state index in [0.717, 1.165) is 32.1 Å². The van der Waals surface area contributed by atoms with E-state index in [1.165, 1.54) is 5.56 Å². The average molecular weight is 419 g/mol. The first-order valence-corrected chi connectivity index (χ1v) is 10.8. The number of hydrogen-bond donors (Lipinski definition) is 0. The number of piperidine rings is 1. The predicted octanol–water partition coefficient (Wildman–Crippen LogP) is 5.29. The SMILES string of the molecule is CCCCC1N(C)N=C2C(C(F)(F)F)=C(N3CCC(c4ccccc4)CC3)C=CN21. The topological polar surface area (TPSA) is 22.1 Å². The van der Waals surface area contributed by atoms with Gasteiger partial charge in [-0.2, -0.15) is 18.3 Å². The van der Waals surface area contributed by atoms with Gasteiger partial charge in [-0.05, 0) is 43.2 Å². The van der Waals surface area contributed by atoms with Crippen LogP contribution in [0.1, 0.15) is 50.5 Å². The van der Waals surface area contributed by atoms with Gasteiger partial charge >= 0.3 is 6.18 Å². The van der Waals surface area contributed by atoms with Crippen molar-refractivity contribution in [3.63, 3.8) is 0 Å². The Morgan fingerprint density at radius 2 is 1.80 bits per heavy atom. The van der Waals surface area contributed by atoms with Gasteiger partial charge in [-0.15, -0.1) is 0 Å². The summed E-state index contributed by atoms with van der Waals surface area (Å²) in [4.78, 5) is 3.58. The van der Waals surface area contributed by atoms with Crippen molar-refractivity contribution in [2.24, 2.45) is 5.10 Å². The van der Waals surface area contributed by atoms with E-state index in [1.54, 1.807) is 29.2 Å². The first kappa shape index (κ1) is 20.8. The highest BCUT2D eigenvalue weighted by Gasteiger charge is 2.48. The second kappa shape index (κ2) is 8.36. The Bertz CT molecular complexity index is 836. The highest BCUT2D eigenvalue weighted by Crippen LogP contribution is 2.40. The number of likely N-dealkylation sites (tertiary alicyclic amines) is 1. The summed E-state index contributed by atoms with van der Waals surface area (Å²) in [7, 11) is 1.76. The molecule has 0 spiro atoms. The summed E-state index contributed by atoms with van der Waals surface area (Å²) in [5.74, 6) is 0.434. The lowest BCUT2D eigenvalue weighted by Crippen LogP contribution is -2.44. The Morgan fingerprint density at radius 3 is 2.43 bits per heavy atom. The molecule has 0 saturated carbocycles. The zero-order chi connectivity index (χ0) is 21.3. The van der Waals surface area contributed by atoms with Crippen LogP contribution in [0.4, 0.5) is 13.2 Å². The van der Waals surface area contributed by atoms with Gasteiger partial charge in [-0.3, -0.25) is 5.01 Å². The zero-order valence-electron chi connectivity index (χ0n) is 17.6. The minimum absolute atomic E-state index is 0.0359. The first-order chi connectivity index (χ1) is 14.4. The van der Waals surface area contributed by atoms with Crippen LogP contribution in [0.3, 0.4) is 0 Å². The van der Waals surface area contributed by atoms with Crippen molar-refractivity contribution in [3.8, 4) is 0 Å². The molecule has 3 aliphatic heterocycles. The quantitative estimate of drug-likeness (QED) is 0.649. The van der Waals surface area contributed by atoms with Crippen LogP contribution in [0.5, 0.6) is 0 Å². The van der Waals surface area contributed by atoms with E-state index in [4.69, 9.17) is 0 Å². The third kappa shape index (κ3) is 3.94. The lowest BCUT2D eigenvalue weighted by atomic mass is 9.89. The fraction of sp³-hybridized carbons (Fsp3) is 0.522. The van der Waals surface area contributed by atoms with Crippen LogP contribution in [0.25, 0.3) is 0 Å². The number of fused-ring (bicyclic) bond motifs is 1. The second-order valence-corrected chi connectivity index (χ2v) is 8.27. The molecule has 0 aromatic heterocycles. The summed E-state index contributed by atoms with van der Waals surface area (Å²) in [5, 5.41) is 5.99. The van der Waals surface area contributed by atoms with Gasteiger partial charge in [0, 0.05) is 26.3 Å². The number of hydrazone groups is 1. The van der Waals surface area contributed by atoms with Crippen molar-refractivity contribution in [2.45, 2.75) is 57.3 Å². The molecule has 1 atom stereocenters. The summed E-state index contributed by atoms with van der Waals surface area (Å²) in [5.41, 5.74) is 0.927. The van der Waals surface area contributed by atoms with Gasteiger partial charge in [-0.25, -0.2) is 0 Å². The number of unbranched alkanes of at least 4 members (excludes halogenated alkanes) is 1. The molecular weight excluding hydrogens is 389 g/mol. The summed E-state index contributed by atoms with van der Waals surface area (Å²) in [6.45, 7) is 3.31. The lowest BCUT2D eigenvalue weighted by Gasteiger charge is -2.38. The third-order valence-corrected chi connectivity index (χ3v) is 6.33. The number of benzene rings is 1. The van der Waals surface area contributed by atoms with Gasteiger partial charge in [0.15, 0.2) is 5.84 Å². The Balaban J connectivity index is 1.57. The number of nitrogens with zero attached hydrogens (tertiary/aromatic N) is 4. The van der Waals surface area contributed by atoms with Gasteiger partial charge in [-0.1, -0.05) is 43.7 Å². The molecule has 1 aromatic rings. The summed E-state index contributed by atoms with van der Waals surface area (Å²) < 4.78 is 42.6. The second-order valence-electron chi connectivity index (χ2n) is 8.27. The van der Waals surface area contributed by atoms with Crippen LogP contribution >= 0.6 is 0 Å².